The summed E-state index contributed by atoms with van der Waals surface area (Å²) in [5.74, 6) is 0. The van der Waals surface area contributed by atoms with Crippen LogP contribution >= 0.6 is 0 Å². The maximum atomic E-state index is 4.29. The largest absolute Gasteiger partial charge is 0.303 e. The van der Waals surface area contributed by atoms with Crippen molar-refractivity contribution in [2.45, 2.75) is 58.3 Å². The highest BCUT2D eigenvalue weighted by Crippen LogP contribution is 2.19. The molecule has 0 spiro atoms. The molecule has 1 saturated heterocycles. The van der Waals surface area contributed by atoms with Crippen molar-refractivity contribution in [3.63, 3.8) is 0 Å². The van der Waals surface area contributed by atoms with Crippen molar-refractivity contribution in [3.05, 3.63) is 42.0 Å². The Hall–Kier alpha value is -1.08. The van der Waals surface area contributed by atoms with Gasteiger partial charge in [0.25, 0.3) is 0 Å². The number of unbranched alkanes of at least 4 members (excludes halogenated alkanes) is 2. The first kappa shape index (κ1) is 16.3. The van der Waals surface area contributed by atoms with Crippen LogP contribution in [0, 0.1) is 0 Å². The lowest BCUT2D eigenvalue weighted by molar-refractivity contribution is 0.234. The molecule has 116 valence electrons. The van der Waals surface area contributed by atoms with E-state index in [9.17, 15) is 0 Å². The minimum absolute atomic E-state index is 1.11. The number of aryl methyl sites for hydroxylation is 1. The van der Waals surface area contributed by atoms with Gasteiger partial charge in [0.2, 0.25) is 0 Å². The molecule has 1 nitrogen and oxygen atoms in total. The zero-order valence-corrected chi connectivity index (χ0v) is 13.7. The van der Waals surface area contributed by atoms with Crippen LogP contribution in [-0.2, 0) is 6.42 Å². The molecule has 0 radical (unpaired) electrons. The molecule has 0 aromatic heterocycles. The standard InChI is InChI=1S/C20H31N/c1-3-4-6-9-19-10-12-20(13-11-19)18(2)14-17-21-15-7-5-8-16-21/h10-13H,2-9,14-17H2,1H3. The Morgan fingerprint density at radius 2 is 1.76 bits per heavy atom. The van der Waals surface area contributed by atoms with Gasteiger partial charge >= 0.3 is 0 Å². The van der Waals surface area contributed by atoms with Crippen molar-refractivity contribution in [3.8, 4) is 0 Å². The average Bonchev–Trinajstić information content (AvgIpc) is 2.54. The fourth-order valence-corrected chi connectivity index (χ4v) is 3.11. The van der Waals surface area contributed by atoms with Gasteiger partial charge < -0.3 is 4.90 Å². The smallest absolute Gasteiger partial charge is 0.00218 e. The number of benzene rings is 1. The minimum Gasteiger partial charge on any atom is -0.303 e. The first-order valence-corrected chi connectivity index (χ1v) is 8.79. The van der Waals surface area contributed by atoms with Crippen LogP contribution in [0.25, 0.3) is 5.57 Å². The molecular weight excluding hydrogens is 254 g/mol. The Kier molecular flexibility index (Phi) is 7.02. The molecule has 0 amide bonds. The fourth-order valence-electron chi connectivity index (χ4n) is 3.11. The molecule has 0 unspecified atom stereocenters. The number of hydrogen-bond donors (Lipinski definition) is 0. The van der Waals surface area contributed by atoms with Crippen LogP contribution in [0.3, 0.4) is 0 Å². The third-order valence-electron chi connectivity index (χ3n) is 4.61. The molecule has 0 aliphatic carbocycles. The molecule has 1 aromatic carbocycles. The van der Waals surface area contributed by atoms with Crippen LogP contribution in [0.1, 0.15) is 63.0 Å². The van der Waals surface area contributed by atoms with Gasteiger partial charge in [-0.2, -0.15) is 0 Å². The molecule has 1 aromatic rings. The van der Waals surface area contributed by atoms with E-state index in [0.29, 0.717) is 0 Å². The van der Waals surface area contributed by atoms with Crippen molar-refractivity contribution in [2.24, 2.45) is 0 Å². The summed E-state index contributed by atoms with van der Waals surface area (Å²) < 4.78 is 0. The molecule has 1 aliphatic heterocycles. The van der Waals surface area contributed by atoms with E-state index in [0.717, 1.165) is 6.42 Å². The number of rotatable bonds is 8. The van der Waals surface area contributed by atoms with Crippen molar-refractivity contribution >= 4 is 5.57 Å². The van der Waals surface area contributed by atoms with E-state index in [1.165, 1.54) is 81.3 Å². The van der Waals surface area contributed by atoms with Gasteiger partial charge in [-0.15, -0.1) is 0 Å². The van der Waals surface area contributed by atoms with Crippen molar-refractivity contribution in [2.75, 3.05) is 19.6 Å². The normalized spacial score (nSPS) is 16.0. The number of piperidine rings is 1. The molecule has 21 heavy (non-hydrogen) atoms. The summed E-state index contributed by atoms with van der Waals surface area (Å²) in [5.41, 5.74) is 4.09. The Bertz CT molecular complexity index is 412. The summed E-state index contributed by atoms with van der Waals surface area (Å²) in [6.45, 7) is 10.3. The van der Waals surface area contributed by atoms with Gasteiger partial charge in [0, 0.05) is 6.54 Å². The second-order valence-corrected chi connectivity index (χ2v) is 6.41. The molecule has 2 rings (SSSR count). The third kappa shape index (κ3) is 5.67. The summed E-state index contributed by atoms with van der Waals surface area (Å²) in [6.07, 6.45) is 10.4. The highest BCUT2D eigenvalue weighted by atomic mass is 15.1. The predicted octanol–water partition coefficient (Wildman–Crippen LogP) is 5.31. The highest BCUT2D eigenvalue weighted by Gasteiger charge is 2.10. The number of nitrogens with zero attached hydrogens (tertiary/aromatic N) is 1. The maximum absolute atomic E-state index is 4.29. The molecule has 0 atom stereocenters. The lowest BCUT2D eigenvalue weighted by Crippen LogP contribution is -2.30. The summed E-state index contributed by atoms with van der Waals surface area (Å²) >= 11 is 0. The second kappa shape index (κ2) is 9.04. The number of likely N-dealkylation sites (tertiary alicyclic amines) is 1. The van der Waals surface area contributed by atoms with E-state index in [-0.39, 0.29) is 0 Å². The predicted molar refractivity (Wildman–Crippen MR) is 93.6 cm³/mol. The topological polar surface area (TPSA) is 3.24 Å². The average molecular weight is 285 g/mol. The molecule has 1 heteroatoms. The Morgan fingerprint density at radius 1 is 1.05 bits per heavy atom. The van der Waals surface area contributed by atoms with Crippen LogP contribution < -0.4 is 0 Å². The van der Waals surface area contributed by atoms with Crippen LogP contribution in [0.2, 0.25) is 0 Å². The van der Waals surface area contributed by atoms with Gasteiger partial charge in [-0.05, 0) is 61.9 Å². The molecular formula is C20H31N. The molecule has 1 fully saturated rings. The monoisotopic (exact) mass is 285 g/mol. The van der Waals surface area contributed by atoms with Crippen LogP contribution in [0.4, 0.5) is 0 Å². The van der Waals surface area contributed by atoms with Gasteiger partial charge in [0.15, 0.2) is 0 Å². The van der Waals surface area contributed by atoms with E-state index >= 15 is 0 Å². The van der Waals surface area contributed by atoms with Crippen LogP contribution in [0.15, 0.2) is 30.8 Å². The molecule has 1 heterocycles. The lowest BCUT2D eigenvalue weighted by Gasteiger charge is -2.26. The number of hydrogen-bond acceptors (Lipinski definition) is 1. The van der Waals surface area contributed by atoms with Crippen LogP contribution in [0.5, 0.6) is 0 Å². The summed E-state index contributed by atoms with van der Waals surface area (Å²) in [7, 11) is 0. The quantitative estimate of drug-likeness (QED) is 0.585. The van der Waals surface area contributed by atoms with Gasteiger partial charge in [-0.25, -0.2) is 0 Å². The van der Waals surface area contributed by atoms with E-state index in [2.05, 4.69) is 42.7 Å². The minimum atomic E-state index is 1.11. The van der Waals surface area contributed by atoms with E-state index in [1.54, 1.807) is 0 Å². The van der Waals surface area contributed by atoms with Crippen molar-refractivity contribution < 1.29 is 0 Å². The molecule has 0 bridgehead atoms. The van der Waals surface area contributed by atoms with E-state index < -0.39 is 0 Å². The van der Waals surface area contributed by atoms with E-state index in [4.69, 9.17) is 0 Å². The van der Waals surface area contributed by atoms with Gasteiger partial charge in [-0.3, -0.25) is 0 Å². The van der Waals surface area contributed by atoms with Crippen molar-refractivity contribution in [1.29, 1.82) is 0 Å². The van der Waals surface area contributed by atoms with Gasteiger partial charge in [0.1, 0.15) is 0 Å². The Balaban J connectivity index is 1.76. The van der Waals surface area contributed by atoms with Crippen molar-refractivity contribution in [1.82, 2.24) is 4.90 Å². The van der Waals surface area contributed by atoms with E-state index in [1.807, 2.05) is 0 Å². The first-order chi connectivity index (χ1) is 10.3. The van der Waals surface area contributed by atoms with Gasteiger partial charge in [0.05, 0.1) is 0 Å². The lowest BCUT2D eigenvalue weighted by atomic mass is 10.00. The summed E-state index contributed by atoms with van der Waals surface area (Å²) in [5, 5.41) is 0. The zero-order valence-electron chi connectivity index (χ0n) is 13.7. The summed E-state index contributed by atoms with van der Waals surface area (Å²) in [4.78, 5) is 2.59. The first-order valence-electron chi connectivity index (χ1n) is 8.79. The SMILES string of the molecule is C=C(CCN1CCCCC1)c1ccc(CCCCC)cc1. The Morgan fingerprint density at radius 3 is 2.43 bits per heavy atom. The van der Waals surface area contributed by atoms with Crippen LogP contribution in [-0.4, -0.2) is 24.5 Å². The second-order valence-electron chi connectivity index (χ2n) is 6.41. The fraction of sp³-hybridized carbons (Fsp3) is 0.600. The Labute approximate surface area is 131 Å². The molecule has 0 saturated carbocycles. The van der Waals surface area contributed by atoms with Gasteiger partial charge in [-0.1, -0.05) is 57.0 Å². The molecule has 0 N–H and O–H groups in total. The maximum Gasteiger partial charge on any atom is 0.00218 e. The highest BCUT2D eigenvalue weighted by molar-refractivity contribution is 5.63. The third-order valence-corrected chi connectivity index (χ3v) is 4.61. The molecule has 1 aliphatic rings. The zero-order chi connectivity index (χ0) is 14.9. The summed E-state index contributed by atoms with van der Waals surface area (Å²) in [6, 6.07) is 9.10.